The number of hydrogen-bond donors (Lipinski definition) is 1. The summed E-state index contributed by atoms with van der Waals surface area (Å²) in [6.07, 6.45) is 6.38. The van der Waals surface area contributed by atoms with E-state index >= 15 is 0 Å². The highest BCUT2D eigenvalue weighted by Crippen LogP contribution is 2.33. The summed E-state index contributed by atoms with van der Waals surface area (Å²) in [6.45, 7) is 1.68. The van der Waals surface area contributed by atoms with Crippen molar-refractivity contribution in [3.8, 4) is 11.5 Å². The zero-order valence-electron chi connectivity index (χ0n) is 20.2. The number of nitrogens with zero attached hydrogens (tertiary/aromatic N) is 1. The Bertz CT molecular complexity index is 1280. The number of hydrogen-bond acceptors (Lipinski definition) is 4. The number of anilines is 1. The monoisotopic (exact) mass is 492 g/mol. The summed E-state index contributed by atoms with van der Waals surface area (Å²) in [5.74, 6) is 0.574. The molecular formula is C28H32N2O4S. The number of amides is 1. The van der Waals surface area contributed by atoms with Crippen molar-refractivity contribution in [1.82, 2.24) is 5.32 Å². The summed E-state index contributed by atoms with van der Waals surface area (Å²) in [6, 6.07) is 22.2. The molecule has 3 aromatic rings. The van der Waals surface area contributed by atoms with Crippen molar-refractivity contribution in [2.45, 2.75) is 45.1 Å². The van der Waals surface area contributed by atoms with Gasteiger partial charge in [-0.2, -0.15) is 0 Å². The first-order valence-electron chi connectivity index (χ1n) is 12.1. The molecule has 0 spiro atoms. The van der Waals surface area contributed by atoms with Gasteiger partial charge in [-0.05, 0) is 73.1 Å². The van der Waals surface area contributed by atoms with E-state index in [1.165, 1.54) is 24.0 Å². The summed E-state index contributed by atoms with van der Waals surface area (Å²) in [5.41, 5.74) is 4.11. The average Bonchev–Trinajstić information content (AvgIpc) is 2.86. The van der Waals surface area contributed by atoms with Crippen LogP contribution >= 0.6 is 0 Å². The van der Waals surface area contributed by atoms with E-state index in [0.717, 1.165) is 29.0 Å². The molecule has 35 heavy (non-hydrogen) atoms. The van der Waals surface area contributed by atoms with E-state index < -0.39 is 10.0 Å². The second-order valence-corrected chi connectivity index (χ2v) is 10.8. The first kappa shape index (κ1) is 24.8. The van der Waals surface area contributed by atoms with Crippen molar-refractivity contribution in [2.75, 3.05) is 17.1 Å². The first-order chi connectivity index (χ1) is 16.8. The van der Waals surface area contributed by atoms with Crippen LogP contribution in [0.4, 0.5) is 5.69 Å². The van der Waals surface area contributed by atoms with Crippen LogP contribution in [0.25, 0.3) is 0 Å². The van der Waals surface area contributed by atoms with Crippen LogP contribution in [-0.2, 0) is 27.7 Å². The van der Waals surface area contributed by atoms with Crippen molar-refractivity contribution in [3.63, 3.8) is 0 Å². The average molecular weight is 493 g/mol. The number of benzene rings is 3. The Morgan fingerprint density at radius 2 is 1.66 bits per heavy atom. The lowest BCUT2D eigenvalue weighted by molar-refractivity contribution is -0.120. The molecule has 1 aliphatic rings. The highest BCUT2D eigenvalue weighted by atomic mass is 32.2. The van der Waals surface area contributed by atoms with Crippen molar-refractivity contribution in [2.24, 2.45) is 0 Å². The maximum Gasteiger partial charge on any atom is 0.241 e. The number of para-hydroxylation sites is 3. The van der Waals surface area contributed by atoms with Crippen LogP contribution in [0.3, 0.4) is 0 Å². The smallest absolute Gasteiger partial charge is 0.241 e. The van der Waals surface area contributed by atoms with E-state index in [2.05, 4.69) is 23.5 Å². The minimum Gasteiger partial charge on any atom is -0.455 e. The summed E-state index contributed by atoms with van der Waals surface area (Å²) < 4.78 is 32.5. The van der Waals surface area contributed by atoms with Crippen LogP contribution in [0, 0.1) is 0 Å². The van der Waals surface area contributed by atoms with E-state index in [1.807, 2.05) is 25.1 Å². The summed E-state index contributed by atoms with van der Waals surface area (Å²) in [7, 11) is -3.75. The highest BCUT2D eigenvalue weighted by molar-refractivity contribution is 7.92. The van der Waals surface area contributed by atoms with Gasteiger partial charge in [0, 0.05) is 0 Å². The third kappa shape index (κ3) is 6.22. The molecule has 6 nitrogen and oxygen atoms in total. The second-order valence-electron chi connectivity index (χ2n) is 8.92. The molecule has 0 fully saturated rings. The van der Waals surface area contributed by atoms with Crippen LogP contribution in [-0.4, -0.2) is 27.1 Å². The fourth-order valence-corrected chi connectivity index (χ4v) is 5.37. The van der Waals surface area contributed by atoms with Gasteiger partial charge in [0.05, 0.1) is 18.0 Å². The lowest BCUT2D eigenvalue weighted by Crippen LogP contribution is -2.41. The summed E-state index contributed by atoms with van der Waals surface area (Å²) >= 11 is 0. The predicted octanol–water partition coefficient (Wildman–Crippen LogP) is 5.39. The number of carbonyl (C=O) groups is 1. The van der Waals surface area contributed by atoms with Gasteiger partial charge in [-0.3, -0.25) is 9.10 Å². The Morgan fingerprint density at radius 1 is 0.971 bits per heavy atom. The minimum atomic E-state index is -3.75. The summed E-state index contributed by atoms with van der Waals surface area (Å²) in [4.78, 5) is 13.1. The molecule has 0 saturated heterocycles. The van der Waals surface area contributed by atoms with Gasteiger partial charge < -0.3 is 10.1 Å². The van der Waals surface area contributed by atoms with Gasteiger partial charge in [0.25, 0.3) is 0 Å². The van der Waals surface area contributed by atoms with Crippen molar-refractivity contribution in [3.05, 3.63) is 89.5 Å². The molecule has 0 aliphatic heterocycles. The Morgan fingerprint density at radius 3 is 2.37 bits per heavy atom. The van der Waals surface area contributed by atoms with Crippen molar-refractivity contribution < 1.29 is 17.9 Å². The van der Waals surface area contributed by atoms with Crippen molar-refractivity contribution in [1.29, 1.82) is 0 Å². The molecule has 0 heterocycles. The Hall–Kier alpha value is -3.32. The predicted molar refractivity (Wildman–Crippen MR) is 139 cm³/mol. The molecule has 0 unspecified atom stereocenters. The molecule has 184 valence electrons. The van der Waals surface area contributed by atoms with Crippen LogP contribution in [0.1, 0.15) is 48.9 Å². The quantitative estimate of drug-likeness (QED) is 0.434. The third-order valence-corrected chi connectivity index (χ3v) is 7.44. The Labute approximate surface area is 208 Å². The molecule has 1 atom stereocenters. The molecule has 1 N–H and O–H groups in total. The third-order valence-electron chi connectivity index (χ3n) is 6.31. The topological polar surface area (TPSA) is 75.7 Å². The van der Waals surface area contributed by atoms with Gasteiger partial charge in [-0.25, -0.2) is 8.42 Å². The number of carbonyl (C=O) groups excluding carboxylic acids is 1. The van der Waals surface area contributed by atoms with Gasteiger partial charge in [0.1, 0.15) is 12.3 Å². The van der Waals surface area contributed by atoms with Crippen LogP contribution in [0.5, 0.6) is 11.5 Å². The van der Waals surface area contributed by atoms with Gasteiger partial charge in [0.15, 0.2) is 5.75 Å². The minimum absolute atomic E-state index is 0.188. The largest absolute Gasteiger partial charge is 0.455 e. The number of aryl methyl sites for hydroxylation is 2. The molecule has 1 aliphatic carbocycles. The Kier molecular flexibility index (Phi) is 7.76. The van der Waals surface area contributed by atoms with Crippen LogP contribution in [0.2, 0.25) is 0 Å². The molecule has 4 rings (SSSR count). The number of nitrogens with one attached hydrogen (secondary N) is 1. The SMILES string of the molecule is CC[C@@H](NC(=O)CN(c1ccccc1Oc1ccccc1)S(C)(=O)=O)c1ccc2c(c1)CCCC2. The number of ether oxygens (including phenoxy) is 1. The van der Waals surface area contributed by atoms with E-state index in [0.29, 0.717) is 23.6 Å². The lowest BCUT2D eigenvalue weighted by Gasteiger charge is -2.26. The zero-order valence-corrected chi connectivity index (χ0v) is 21.1. The molecule has 0 bridgehead atoms. The lowest BCUT2D eigenvalue weighted by atomic mass is 9.89. The zero-order chi connectivity index (χ0) is 24.8. The summed E-state index contributed by atoms with van der Waals surface area (Å²) in [5, 5.41) is 3.05. The molecule has 0 radical (unpaired) electrons. The standard InChI is InChI=1S/C28H32N2O4S/c1-3-25(23-18-17-21-11-7-8-12-22(21)19-23)29-28(31)20-30(35(2,32)33)26-15-9-10-16-27(26)34-24-13-5-4-6-14-24/h4-6,9-10,13-19,25H,3,7-8,11-12,20H2,1-2H3,(H,29,31)/t25-/m1/s1. The second kappa shape index (κ2) is 11.0. The van der Waals surface area contributed by atoms with E-state index in [9.17, 15) is 13.2 Å². The molecule has 3 aromatic carbocycles. The molecule has 0 saturated carbocycles. The number of fused-ring (bicyclic) bond motifs is 1. The number of sulfonamides is 1. The fraction of sp³-hybridized carbons (Fsp3) is 0.321. The number of rotatable bonds is 9. The van der Waals surface area contributed by atoms with Gasteiger partial charge in [-0.1, -0.05) is 55.5 Å². The molecular weight excluding hydrogens is 460 g/mol. The fourth-order valence-electron chi connectivity index (χ4n) is 4.51. The van der Waals surface area contributed by atoms with Crippen LogP contribution in [0.15, 0.2) is 72.8 Å². The van der Waals surface area contributed by atoms with E-state index in [-0.39, 0.29) is 18.5 Å². The molecule has 1 amide bonds. The van der Waals surface area contributed by atoms with Gasteiger partial charge >= 0.3 is 0 Å². The maximum absolute atomic E-state index is 13.1. The molecule has 7 heteroatoms. The van der Waals surface area contributed by atoms with Crippen LogP contribution < -0.4 is 14.4 Å². The Balaban J connectivity index is 1.54. The van der Waals surface area contributed by atoms with E-state index in [1.54, 1.807) is 36.4 Å². The van der Waals surface area contributed by atoms with Gasteiger partial charge in [0.2, 0.25) is 15.9 Å². The van der Waals surface area contributed by atoms with E-state index in [4.69, 9.17) is 4.74 Å². The van der Waals surface area contributed by atoms with Crippen molar-refractivity contribution >= 4 is 21.6 Å². The highest BCUT2D eigenvalue weighted by Gasteiger charge is 2.25. The van der Waals surface area contributed by atoms with Gasteiger partial charge in [-0.15, -0.1) is 0 Å². The maximum atomic E-state index is 13.1. The molecule has 0 aromatic heterocycles. The first-order valence-corrected chi connectivity index (χ1v) is 13.9. The normalized spacial score (nSPS) is 14.0.